The minimum Gasteiger partial charge on any atom is -0.489 e. The third-order valence-corrected chi connectivity index (χ3v) is 5.36. The van der Waals surface area contributed by atoms with Crippen LogP contribution in [0.15, 0.2) is 83.6 Å². The van der Waals surface area contributed by atoms with Crippen LogP contribution >= 0.6 is 0 Å². The second kappa shape index (κ2) is 7.56. The molecule has 5 rings (SSSR count). The zero-order chi connectivity index (χ0) is 20.5. The Labute approximate surface area is 174 Å². The largest absolute Gasteiger partial charge is 0.489 e. The van der Waals surface area contributed by atoms with Gasteiger partial charge < -0.3 is 14.9 Å². The first-order chi connectivity index (χ1) is 14.7. The van der Waals surface area contributed by atoms with E-state index in [0.717, 1.165) is 49.7 Å². The van der Waals surface area contributed by atoms with Crippen LogP contribution in [0.1, 0.15) is 11.1 Å². The van der Waals surface area contributed by atoms with Crippen molar-refractivity contribution in [2.45, 2.75) is 13.0 Å². The van der Waals surface area contributed by atoms with Gasteiger partial charge in [0.1, 0.15) is 23.8 Å². The molecule has 147 valence electrons. The van der Waals surface area contributed by atoms with Crippen LogP contribution in [-0.2, 0) is 13.0 Å². The number of nitrogen functional groups attached to an aromatic ring is 1. The SMILES string of the molecule is [CH2]Cc1ccccc1OCc1cc(-c2ccc3ccnc(N)c3c2)c2occc2c1. The number of furan rings is 1. The number of ether oxygens (including phenoxy) is 1. The van der Waals surface area contributed by atoms with Gasteiger partial charge in [0.05, 0.1) is 6.26 Å². The highest BCUT2D eigenvalue weighted by Gasteiger charge is 2.12. The summed E-state index contributed by atoms with van der Waals surface area (Å²) in [6.45, 7) is 4.44. The van der Waals surface area contributed by atoms with Gasteiger partial charge in [-0.2, -0.15) is 0 Å². The molecule has 0 atom stereocenters. The first-order valence-corrected chi connectivity index (χ1v) is 9.87. The lowest BCUT2D eigenvalue weighted by Crippen LogP contribution is -1.99. The molecule has 0 bridgehead atoms. The van der Waals surface area contributed by atoms with Crippen LogP contribution in [0.3, 0.4) is 0 Å². The Bertz CT molecular complexity index is 1350. The van der Waals surface area contributed by atoms with Crippen molar-refractivity contribution in [3.8, 4) is 16.9 Å². The van der Waals surface area contributed by atoms with Gasteiger partial charge in [0, 0.05) is 22.5 Å². The molecule has 30 heavy (non-hydrogen) atoms. The van der Waals surface area contributed by atoms with Crippen molar-refractivity contribution in [2.75, 3.05) is 5.73 Å². The number of aromatic nitrogens is 1. The highest BCUT2D eigenvalue weighted by molar-refractivity contribution is 5.98. The number of benzene rings is 3. The van der Waals surface area contributed by atoms with E-state index in [2.05, 4.69) is 42.2 Å². The molecule has 4 nitrogen and oxygen atoms in total. The quantitative estimate of drug-likeness (QED) is 0.387. The van der Waals surface area contributed by atoms with Gasteiger partial charge >= 0.3 is 0 Å². The number of hydrogen-bond donors (Lipinski definition) is 1. The summed E-state index contributed by atoms with van der Waals surface area (Å²) in [6.07, 6.45) is 4.13. The van der Waals surface area contributed by atoms with E-state index in [-0.39, 0.29) is 0 Å². The van der Waals surface area contributed by atoms with Gasteiger partial charge in [-0.3, -0.25) is 0 Å². The van der Waals surface area contributed by atoms with E-state index in [9.17, 15) is 0 Å². The summed E-state index contributed by atoms with van der Waals surface area (Å²) in [6, 6.07) is 22.4. The molecule has 0 amide bonds. The van der Waals surface area contributed by atoms with Crippen LogP contribution < -0.4 is 10.5 Å². The number of pyridine rings is 1. The van der Waals surface area contributed by atoms with Crippen molar-refractivity contribution in [1.29, 1.82) is 0 Å². The lowest BCUT2D eigenvalue weighted by Gasteiger charge is -2.12. The third kappa shape index (κ3) is 3.26. The average molecular weight is 393 g/mol. The first-order valence-electron chi connectivity index (χ1n) is 9.87. The fraction of sp³-hybridized carbons (Fsp3) is 0.0769. The second-order valence-corrected chi connectivity index (χ2v) is 7.26. The van der Waals surface area contributed by atoms with E-state index < -0.39 is 0 Å². The van der Waals surface area contributed by atoms with Crippen LogP contribution in [0, 0.1) is 6.92 Å². The number of para-hydroxylation sites is 1. The molecule has 0 aliphatic carbocycles. The number of hydrogen-bond acceptors (Lipinski definition) is 4. The molecule has 0 aliphatic rings. The zero-order valence-electron chi connectivity index (χ0n) is 16.5. The molecule has 2 aromatic heterocycles. The van der Waals surface area contributed by atoms with Gasteiger partial charge in [0.15, 0.2) is 0 Å². The van der Waals surface area contributed by atoms with E-state index in [4.69, 9.17) is 14.9 Å². The Morgan fingerprint density at radius 1 is 0.967 bits per heavy atom. The summed E-state index contributed by atoms with van der Waals surface area (Å²) in [4.78, 5) is 4.22. The molecule has 0 fully saturated rings. The first kappa shape index (κ1) is 18.3. The number of nitrogens with two attached hydrogens (primary N) is 1. The van der Waals surface area contributed by atoms with Gasteiger partial charge in [0.25, 0.3) is 0 Å². The standard InChI is InChI=1S/C26H21N2O2/c1-2-18-5-3-4-6-24(18)30-16-17-13-21-10-12-29-25(21)22(14-17)20-8-7-19-9-11-28-26(27)23(19)15-20/h3-15H,1-2,16H2,(H2,27,28). The number of fused-ring (bicyclic) bond motifs is 2. The lowest BCUT2D eigenvalue weighted by molar-refractivity contribution is 0.303. The van der Waals surface area contributed by atoms with Crippen LogP contribution in [-0.4, -0.2) is 4.98 Å². The Hall–Kier alpha value is -3.79. The summed E-state index contributed by atoms with van der Waals surface area (Å²) in [5.41, 5.74) is 11.2. The molecule has 4 heteroatoms. The van der Waals surface area contributed by atoms with Crippen molar-refractivity contribution < 1.29 is 9.15 Å². The smallest absolute Gasteiger partial charge is 0.141 e. The number of anilines is 1. The van der Waals surface area contributed by atoms with E-state index in [1.165, 1.54) is 0 Å². The van der Waals surface area contributed by atoms with Crippen LogP contribution in [0.25, 0.3) is 32.9 Å². The maximum Gasteiger partial charge on any atom is 0.141 e. The molecule has 2 heterocycles. The minimum atomic E-state index is 0.461. The molecule has 0 spiro atoms. The topological polar surface area (TPSA) is 61.3 Å². The molecule has 3 aromatic carbocycles. The van der Waals surface area contributed by atoms with Crippen molar-refractivity contribution in [1.82, 2.24) is 4.98 Å². The molecule has 2 N–H and O–H groups in total. The normalized spacial score (nSPS) is 11.2. The summed E-state index contributed by atoms with van der Waals surface area (Å²) < 4.78 is 11.9. The van der Waals surface area contributed by atoms with Gasteiger partial charge in [0.2, 0.25) is 0 Å². The van der Waals surface area contributed by atoms with Crippen molar-refractivity contribution in [3.05, 3.63) is 97.2 Å². The van der Waals surface area contributed by atoms with Gasteiger partial charge in [-0.05, 0) is 71.8 Å². The molecule has 0 unspecified atom stereocenters. The Morgan fingerprint density at radius 2 is 1.87 bits per heavy atom. The minimum absolute atomic E-state index is 0.461. The molecule has 0 saturated carbocycles. The van der Waals surface area contributed by atoms with E-state index >= 15 is 0 Å². The fourth-order valence-electron chi connectivity index (χ4n) is 3.81. The van der Waals surface area contributed by atoms with Crippen molar-refractivity contribution >= 4 is 27.6 Å². The molecule has 0 aliphatic heterocycles. The Balaban J connectivity index is 1.56. The average Bonchev–Trinajstić information content (AvgIpc) is 3.26. The van der Waals surface area contributed by atoms with E-state index in [1.54, 1.807) is 12.5 Å². The molecule has 0 saturated heterocycles. The Kier molecular flexibility index (Phi) is 4.60. The molecule has 1 radical (unpaired) electrons. The van der Waals surface area contributed by atoms with Gasteiger partial charge in [-0.25, -0.2) is 4.98 Å². The van der Waals surface area contributed by atoms with Crippen LogP contribution in [0.5, 0.6) is 5.75 Å². The fourth-order valence-corrected chi connectivity index (χ4v) is 3.81. The number of rotatable bonds is 5. The molecular formula is C26H21N2O2. The van der Waals surface area contributed by atoms with Crippen molar-refractivity contribution in [2.24, 2.45) is 0 Å². The van der Waals surface area contributed by atoms with Crippen molar-refractivity contribution in [3.63, 3.8) is 0 Å². The monoisotopic (exact) mass is 393 g/mol. The van der Waals surface area contributed by atoms with Gasteiger partial charge in [-0.1, -0.05) is 30.3 Å². The molecule has 5 aromatic rings. The molecular weight excluding hydrogens is 372 g/mol. The highest BCUT2D eigenvalue weighted by Crippen LogP contribution is 2.34. The number of nitrogens with zero attached hydrogens (tertiary/aromatic N) is 1. The summed E-state index contributed by atoms with van der Waals surface area (Å²) in [5, 5.41) is 3.03. The lowest BCUT2D eigenvalue weighted by atomic mass is 9.98. The predicted molar refractivity (Wildman–Crippen MR) is 121 cm³/mol. The highest BCUT2D eigenvalue weighted by atomic mass is 16.5. The predicted octanol–water partition coefficient (Wildman–Crippen LogP) is 6.19. The zero-order valence-corrected chi connectivity index (χ0v) is 16.5. The van der Waals surface area contributed by atoms with E-state index in [0.29, 0.717) is 18.8 Å². The maximum absolute atomic E-state index is 6.12. The van der Waals surface area contributed by atoms with E-state index in [1.807, 2.05) is 36.4 Å². The Morgan fingerprint density at radius 3 is 2.77 bits per heavy atom. The second-order valence-electron chi connectivity index (χ2n) is 7.26. The maximum atomic E-state index is 6.12. The van der Waals surface area contributed by atoms with Crippen LogP contribution in [0.2, 0.25) is 0 Å². The van der Waals surface area contributed by atoms with Gasteiger partial charge in [-0.15, -0.1) is 0 Å². The third-order valence-electron chi connectivity index (χ3n) is 5.36. The summed E-state index contributed by atoms with van der Waals surface area (Å²) in [7, 11) is 0. The van der Waals surface area contributed by atoms with Crippen LogP contribution in [0.4, 0.5) is 5.82 Å². The summed E-state index contributed by atoms with van der Waals surface area (Å²) in [5.74, 6) is 1.39. The summed E-state index contributed by atoms with van der Waals surface area (Å²) >= 11 is 0.